The Balaban J connectivity index is 2.17. The third-order valence-electron chi connectivity index (χ3n) is 3.30. The molecule has 3 nitrogen and oxygen atoms in total. The van der Waals surface area contributed by atoms with E-state index in [0.717, 1.165) is 37.2 Å². The predicted molar refractivity (Wildman–Crippen MR) is 71.3 cm³/mol. The maximum Gasteiger partial charge on any atom is 0.255 e. The second kappa shape index (κ2) is 6.27. The zero-order valence-electron chi connectivity index (χ0n) is 10.1. The van der Waals surface area contributed by atoms with E-state index in [1.54, 1.807) is 0 Å². The van der Waals surface area contributed by atoms with Crippen LogP contribution >= 0.6 is 15.9 Å². The van der Waals surface area contributed by atoms with Crippen LogP contribution in [0.4, 0.5) is 4.39 Å². The number of rotatable bonds is 4. The van der Waals surface area contributed by atoms with E-state index in [2.05, 4.69) is 20.9 Å². The van der Waals surface area contributed by atoms with Gasteiger partial charge in [-0.3, -0.25) is 9.78 Å². The summed E-state index contributed by atoms with van der Waals surface area (Å²) in [6, 6.07) is 1.55. The lowest BCUT2D eigenvalue weighted by molar-refractivity contribution is 0.0695. The molecule has 5 heteroatoms. The second-order valence-electron chi connectivity index (χ2n) is 4.52. The number of nitrogens with zero attached hydrogens (tertiary/aromatic N) is 2. The van der Waals surface area contributed by atoms with E-state index in [1.165, 1.54) is 12.3 Å². The van der Waals surface area contributed by atoms with Gasteiger partial charge in [0.25, 0.3) is 5.91 Å². The third-order valence-corrected chi connectivity index (χ3v) is 3.66. The molecule has 1 fully saturated rings. The average molecular weight is 315 g/mol. The molecule has 0 radical (unpaired) electrons. The lowest BCUT2D eigenvalue weighted by Crippen LogP contribution is -2.40. The van der Waals surface area contributed by atoms with Gasteiger partial charge in [0.05, 0.1) is 11.8 Å². The third kappa shape index (κ3) is 3.07. The van der Waals surface area contributed by atoms with Gasteiger partial charge in [0.15, 0.2) is 0 Å². The Labute approximate surface area is 115 Å². The van der Waals surface area contributed by atoms with Crippen molar-refractivity contribution < 1.29 is 9.18 Å². The second-order valence-corrected chi connectivity index (χ2v) is 5.31. The fourth-order valence-electron chi connectivity index (χ4n) is 2.45. The van der Waals surface area contributed by atoms with Crippen molar-refractivity contribution in [2.24, 2.45) is 0 Å². The minimum Gasteiger partial charge on any atom is -0.335 e. The Bertz CT molecular complexity index is 421. The summed E-state index contributed by atoms with van der Waals surface area (Å²) >= 11 is 3.37. The van der Waals surface area contributed by atoms with E-state index in [1.807, 2.05) is 4.90 Å². The topological polar surface area (TPSA) is 33.2 Å². The number of carbonyl (C=O) groups excluding carboxylic acids is 1. The first kappa shape index (κ1) is 13.5. The first-order chi connectivity index (χ1) is 8.72. The number of hydrogen-bond donors (Lipinski definition) is 0. The maximum absolute atomic E-state index is 13.1. The zero-order chi connectivity index (χ0) is 13.0. The van der Waals surface area contributed by atoms with Gasteiger partial charge in [-0.2, -0.15) is 0 Å². The first-order valence-electron chi connectivity index (χ1n) is 6.20. The number of aromatic nitrogens is 1. The molecule has 0 aromatic carbocycles. The number of halogens is 2. The van der Waals surface area contributed by atoms with E-state index < -0.39 is 5.82 Å². The standard InChI is InChI=1S/C13H16BrFN2O/c14-5-6-17(12-3-1-2-4-12)13(18)10-7-11(15)9-16-8-10/h7-9,12H,1-6H2. The van der Waals surface area contributed by atoms with Crippen LogP contribution in [-0.2, 0) is 0 Å². The van der Waals surface area contributed by atoms with E-state index in [-0.39, 0.29) is 5.91 Å². The van der Waals surface area contributed by atoms with Crippen molar-refractivity contribution in [3.05, 3.63) is 29.8 Å². The molecule has 18 heavy (non-hydrogen) atoms. The molecule has 0 saturated heterocycles. The highest BCUT2D eigenvalue weighted by atomic mass is 79.9. The molecule has 0 N–H and O–H groups in total. The molecule has 2 rings (SSSR count). The Morgan fingerprint density at radius 2 is 2.17 bits per heavy atom. The Morgan fingerprint density at radius 3 is 2.78 bits per heavy atom. The van der Waals surface area contributed by atoms with Gasteiger partial charge in [0.2, 0.25) is 0 Å². The highest BCUT2D eigenvalue weighted by Gasteiger charge is 2.27. The van der Waals surface area contributed by atoms with Gasteiger partial charge in [-0.1, -0.05) is 28.8 Å². The molecule has 1 aromatic heterocycles. The fraction of sp³-hybridized carbons (Fsp3) is 0.538. The molecule has 1 heterocycles. The van der Waals surface area contributed by atoms with E-state index in [4.69, 9.17) is 0 Å². The summed E-state index contributed by atoms with van der Waals surface area (Å²) in [4.78, 5) is 18.0. The molecule has 98 valence electrons. The van der Waals surface area contributed by atoms with Crippen LogP contribution in [0.15, 0.2) is 18.5 Å². The van der Waals surface area contributed by atoms with Crippen molar-refractivity contribution in [2.75, 3.05) is 11.9 Å². The first-order valence-corrected chi connectivity index (χ1v) is 7.32. The molecule has 1 amide bonds. The van der Waals surface area contributed by atoms with Gasteiger partial charge >= 0.3 is 0 Å². The Morgan fingerprint density at radius 1 is 1.44 bits per heavy atom. The van der Waals surface area contributed by atoms with E-state index in [0.29, 0.717) is 18.2 Å². The molecule has 0 atom stereocenters. The van der Waals surface area contributed by atoms with Crippen molar-refractivity contribution in [1.82, 2.24) is 9.88 Å². The van der Waals surface area contributed by atoms with Crippen molar-refractivity contribution in [3.8, 4) is 0 Å². The van der Waals surface area contributed by atoms with Gasteiger partial charge in [-0.05, 0) is 18.9 Å². The Kier molecular flexibility index (Phi) is 4.69. The molecule has 0 unspecified atom stereocenters. The monoisotopic (exact) mass is 314 g/mol. The quantitative estimate of drug-likeness (QED) is 0.800. The number of pyridine rings is 1. The number of carbonyl (C=O) groups is 1. The minimum atomic E-state index is -0.467. The Hall–Kier alpha value is -0.970. The molecule has 0 bridgehead atoms. The van der Waals surface area contributed by atoms with Crippen molar-refractivity contribution in [2.45, 2.75) is 31.7 Å². The molecular formula is C13H16BrFN2O. The van der Waals surface area contributed by atoms with Crippen LogP contribution in [-0.4, -0.2) is 33.7 Å². The van der Waals surface area contributed by atoms with E-state index in [9.17, 15) is 9.18 Å². The van der Waals surface area contributed by atoms with Crippen molar-refractivity contribution in [3.63, 3.8) is 0 Å². The molecule has 1 saturated carbocycles. The van der Waals surface area contributed by atoms with Crippen LogP contribution in [0.2, 0.25) is 0 Å². The molecule has 1 aliphatic carbocycles. The lowest BCUT2D eigenvalue weighted by Gasteiger charge is -2.28. The number of hydrogen-bond acceptors (Lipinski definition) is 2. The zero-order valence-corrected chi connectivity index (χ0v) is 11.7. The highest BCUT2D eigenvalue weighted by molar-refractivity contribution is 9.09. The maximum atomic E-state index is 13.1. The SMILES string of the molecule is O=C(c1cncc(F)c1)N(CCBr)C1CCCC1. The molecular weight excluding hydrogens is 299 g/mol. The molecule has 1 aromatic rings. The van der Waals surface area contributed by atoms with Crippen LogP contribution < -0.4 is 0 Å². The smallest absolute Gasteiger partial charge is 0.255 e. The highest BCUT2D eigenvalue weighted by Crippen LogP contribution is 2.25. The minimum absolute atomic E-state index is 0.117. The van der Waals surface area contributed by atoms with Gasteiger partial charge in [-0.15, -0.1) is 0 Å². The van der Waals surface area contributed by atoms with Gasteiger partial charge in [0.1, 0.15) is 5.82 Å². The van der Waals surface area contributed by atoms with Crippen LogP contribution in [0.1, 0.15) is 36.0 Å². The molecule has 1 aliphatic rings. The normalized spacial score (nSPS) is 15.9. The summed E-state index contributed by atoms with van der Waals surface area (Å²) in [6.07, 6.45) is 6.96. The predicted octanol–water partition coefficient (Wildman–Crippen LogP) is 3.00. The summed E-state index contributed by atoms with van der Waals surface area (Å²) in [6.45, 7) is 0.653. The van der Waals surface area contributed by atoms with Crippen LogP contribution in [0, 0.1) is 5.82 Å². The van der Waals surface area contributed by atoms with Crippen LogP contribution in [0.3, 0.4) is 0 Å². The van der Waals surface area contributed by atoms with E-state index >= 15 is 0 Å². The molecule has 0 spiro atoms. The summed E-state index contributed by atoms with van der Waals surface area (Å²) in [5, 5.41) is 0.734. The summed E-state index contributed by atoms with van der Waals surface area (Å²) in [5.41, 5.74) is 0.336. The molecule has 0 aliphatic heterocycles. The van der Waals surface area contributed by atoms with Crippen LogP contribution in [0.5, 0.6) is 0 Å². The van der Waals surface area contributed by atoms with Crippen molar-refractivity contribution >= 4 is 21.8 Å². The van der Waals surface area contributed by atoms with Gasteiger partial charge < -0.3 is 4.90 Å². The summed E-state index contributed by atoms with van der Waals surface area (Å²) in [7, 11) is 0. The number of alkyl halides is 1. The van der Waals surface area contributed by atoms with Crippen LogP contribution in [0.25, 0.3) is 0 Å². The number of amides is 1. The van der Waals surface area contributed by atoms with Gasteiger partial charge in [0, 0.05) is 24.1 Å². The average Bonchev–Trinajstić information content (AvgIpc) is 2.89. The lowest BCUT2D eigenvalue weighted by atomic mass is 10.1. The summed E-state index contributed by atoms with van der Waals surface area (Å²) in [5.74, 6) is -0.584. The van der Waals surface area contributed by atoms with Crippen molar-refractivity contribution in [1.29, 1.82) is 0 Å². The van der Waals surface area contributed by atoms with Gasteiger partial charge in [-0.25, -0.2) is 4.39 Å². The fourth-order valence-corrected chi connectivity index (χ4v) is 2.83. The largest absolute Gasteiger partial charge is 0.335 e. The summed E-state index contributed by atoms with van der Waals surface area (Å²) < 4.78 is 13.1.